The predicted molar refractivity (Wildman–Crippen MR) is 124 cm³/mol. The molecule has 0 radical (unpaired) electrons. The van der Waals surface area contributed by atoms with Crippen LogP contribution >= 0.6 is 0 Å². The van der Waals surface area contributed by atoms with E-state index in [0.29, 0.717) is 11.5 Å². The number of hydrogen-bond donors (Lipinski definition) is 2. The first-order chi connectivity index (χ1) is 13.8. The zero-order valence-electron chi connectivity index (χ0n) is 18.6. The van der Waals surface area contributed by atoms with Crippen molar-refractivity contribution < 1.29 is 4.79 Å². The number of nitrogens with one attached hydrogen (secondary N) is 2. The number of hydrogen-bond acceptors (Lipinski definition) is 3. The number of nitrogens with zero attached hydrogens (tertiary/aromatic N) is 2. The van der Waals surface area contributed by atoms with E-state index in [9.17, 15) is 4.79 Å². The molecule has 0 unspecified atom stereocenters. The van der Waals surface area contributed by atoms with Gasteiger partial charge >= 0.3 is 6.03 Å². The Morgan fingerprint density at radius 2 is 1.29 bits per heavy atom. The molecule has 5 heteroatoms. The Morgan fingerprint density at radius 3 is 1.89 bits per heavy atom. The van der Waals surface area contributed by atoms with Gasteiger partial charge in [-0.1, -0.05) is 79.7 Å². The van der Waals surface area contributed by atoms with Gasteiger partial charge in [-0.05, 0) is 24.3 Å². The Labute approximate surface area is 170 Å². The minimum absolute atomic E-state index is 0.333. The highest BCUT2D eigenvalue weighted by Crippen LogP contribution is 2.20. The Morgan fingerprint density at radius 1 is 0.679 bits per heavy atom. The van der Waals surface area contributed by atoms with Crippen LogP contribution in [0.2, 0.25) is 0 Å². The van der Waals surface area contributed by atoms with Crippen molar-refractivity contribution in [3.8, 4) is 0 Å². The molecule has 0 spiro atoms. The predicted octanol–water partition coefficient (Wildman–Crippen LogP) is 7.38. The average Bonchev–Trinajstić information content (AvgIpc) is 2.80. The van der Waals surface area contributed by atoms with Crippen LogP contribution in [0.1, 0.15) is 55.4 Å². The van der Waals surface area contributed by atoms with Crippen molar-refractivity contribution in [3.05, 3.63) is 60.9 Å². The largest absolute Gasteiger partial charge is 0.324 e. The van der Waals surface area contributed by atoms with Gasteiger partial charge < -0.3 is 5.32 Å². The van der Waals surface area contributed by atoms with E-state index in [2.05, 4.69) is 20.6 Å². The third-order valence-corrected chi connectivity index (χ3v) is 2.80. The van der Waals surface area contributed by atoms with Crippen LogP contribution in [0.3, 0.4) is 0 Å². The second-order valence-electron chi connectivity index (χ2n) is 4.17. The van der Waals surface area contributed by atoms with Crippen molar-refractivity contribution in [2.24, 2.45) is 0 Å². The molecule has 2 N–H and O–H groups in total. The third kappa shape index (κ3) is 9.67. The fourth-order valence-electron chi connectivity index (χ4n) is 1.91. The highest BCUT2D eigenvalue weighted by Gasteiger charge is 2.06. The van der Waals surface area contributed by atoms with E-state index < -0.39 is 0 Å². The summed E-state index contributed by atoms with van der Waals surface area (Å²) < 4.78 is 0. The molecular weight excluding hydrogens is 348 g/mol. The normalized spacial score (nSPS) is 8.14. The number of carbonyl (C=O) groups is 1. The number of pyridine rings is 2. The lowest BCUT2D eigenvalue weighted by atomic mass is 10.2. The van der Waals surface area contributed by atoms with Gasteiger partial charge in [0.25, 0.3) is 0 Å². The topological polar surface area (TPSA) is 66.9 Å². The second kappa shape index (κ2) is 18.8. The molecule has 0 fully saturated rings. The molecule has 28 heavy (non-hydrogen) atoms. The maximum atomic E-state index is 11.9. The molecule has 0 saturated carbocycles. The standard InChI is InChI=1S/C15H12N4O.4C2H6/c20-15(19-14-7-3-4-9-17-14)18-13-8-10-16-12-6-2-1-5-11(12)13;4*1-2/h1-10H,(H2,16,17,18,19,20);4*1-2H3. The van der Waals surface area contributed by atoms with E-state index in [-0.39, 0.29) is 6.03 Å². The fourth-order valence-corrected chi connectivity index (χ4v) is 1.91. The van der Waals surface area contributed by atoms with Gasteiger partial charge in [-0.15, -0.1) is 0 Å². The van der Waals surface area contributed by atoms with E-state index >= 15 is 0 Å². The lowest BCUT2D eigenvalue weighted by molar-refractivity contribution is 0.262. The first kappa shape index (κ1) is 27.3. The monoisotopic (exact) mass is 384 g/mol. The zero-order valence-corrected chi connectivity index (χ0v) is 18.6. The van der Waals surface area contributed by atoms with Crippen LogP contribution in [0.25, 0.3) is 10.9 Å². The number of urea groups is 1. The number of para-hydroxylation sites is 1. The van der Waals surface area contributed by atoms with Gasteiger partial charge in [0, 0.05) is 17.8 Å². The lowest BCUT2D eigenvalue weighted by Crippen LogP contribution is -2.20. The van der Waals surface area contributed by atoms with Crippen molar-refractivity contribution in [2.75, 3.05) is 10.6 Å². The first-order valence-corrected chi connectivity index (χ1v) is 10.2. The van der Waals surface area contributed by atoms with Crippen LogP contribution in [-0.2, 0) is 0 Å². The van der Waals surface area contributed by atoms with Gasteiger partial charge in [0.1, 0.15) is 5.82 Å². The van der Waals surface area contributed by atoms with Gasteiger partial charge in [-0.25, -0.2) is 9.78 Å². The molecule has 3 aromatic rings. The molecule has 2 amide bonds. The Balaban J connectivity index is 0. The summed E-state index contributed by atoms with van der Waals surface area (Å²) in [6.45, 7) is 16.0. The van der Waals surface area contributed by atoms with E-state index in [1.807, 2.05) is 85.7 Å². The molecule has 0 atom stereocenters. The van der Waals surface area contributed by atoms with E-state index in [1.165, 1.54) is 0 Å². The molecule has 0 aliphatic carbocycles. The quantitative estimate of drug-likeness (QED) is 0.484. The van der Waals surface area contributed by atoms with Crippen LogP contribution < -0.4 is 10.6 Å². The molecule has 154 valence electrons. The fraction of sp³-hybridized carbons (Fsp3) is 0.348. The summed E-state index contributed by atoms with van der Waals surface area (Å²) in [4.78, 5) is 20.2. The summed E-state index contributed by atoms with van der Waals surface area (Å²) in [6.07, 6.45) is 3.29. The van der Waals surface area contributed by atoms with E-state index in [1.54, 1.807) is 30.6 Å². The molecule has 5 nitrogen and oxygen atoms in total. The van der Waals surface area contributed by atoms with Gasteiger partial charge in [0.15, 0.2) is 0 Å². The molecule has 2 heterocycles. The number of fused-ring (bicyclic) bond motifs is 1. The van der Waals surface area contributed by atoms with Gasteiger partial charge in [-0.3, -0.25) is 10.3 Å². The Kier molecular flexibility index (Phi) is 18.3. The van der Waals surface area contributed by atoms with Crippen molar-refractivity contribution in [1.29, 1.82) is 0 Å². The molecule has 3 rings (SSSR count). The lowest BCUT2D eigenvalue weighted by Gasteiger charge is -2.09. The highest BCUT2D eigenvalue weighted by atomic mass is 16.2. The summed E-state index contributed by atoms with van der Waals surface area (Å²) in [7, 11) is 0. The summed E-state index contributed by atoms with van der Waals surface area (Å²) in [6, 6.07) is 14.4. The van der Waals surface area contributed by atoms with Gasteiger partial charge in [0.2, 0.25) is 0 Å². The number of amides is 2. The smallest absolute Gasteiger partial charge is 0.307 e. The summed E-state index contributed by atoms with van der Waals surface area (Å²) >= 11 is 0. The number of rotatable bonds is 2. The molecule has 0 aliphatic rings. The van der Waals surface area contributed by atoms with Crippen LogP contribution in [0.15, 0.2) is 60.9 Å². The van der Waals surface area contributed by atoms with Crippen molar-refractivity contribution in [3.63, 3.8) is 0 Å². The zero-order chi connectivity index (χ0) is 21.8. The molecule has 0 saturated heterocycles. The van der Waals surface area contributed by atoms with E-state index in [0.717, 1.165) is 10.9 Å². The minimum Gasteiger partial charge on any atom is -0.307 e. The second-order valence-corrected chi connectivity index (χ2v) is 4.17. The van der Waals surface area contributed by atoms with Crippen molar-refractivity contribution in [1.82, 2.24) is 9.97 Å². The highest BCUT2D eigenvalue weighted by molar-refractivity contribution is 6.04. The van der Waals surface area contributed by atoms with E-state index in [4.69, 9.17) is 0 Å². The Hall–Kier alpha value is -2.95. The van der Waals surface area contributed by atoms with Crippen molar-refractivity contribution in [2.45, 2.75) is 55.4 Å². The first-order valence-electron chi connectivity index (χ1n) is 10.2. The number of benzene rings is 1. The average molecular weight is 385 g/mol. The number of carbonyl (C=O) groups excluding carboxylic acids is 1. The SMILES string of the molecule is CC.CC.CC.CC.O=C(Nc1ccccn1)Nc1ccnc2ccccc12. The Bertz CT molecular complexity index is 740. The molecule has 1 aromatic carbocycles. The maximum absolute atomic E-state index is 11.9. The number of aromatic nitrogens is 2. The summed E-state index contributed by atoms with van der Waals surface area (Å²) in [5, 5.41) is 6.37. The summed E-state index contributed by atoms with van der Waals surface area (Å²) in [5.41, 5.74) is 1.55. The van der Waals surface area contributed by atoms with Crippen molar-refractivity contribution >= 4 is 28.4 Å². The number of anilines is 2. The van der Waals surface area contributed by atoms with Crippen LogP contribution in [-0.4, -0.2) is 16.0 Å². The maximum Gasteiger partial charge on any atom is 0.324 e. The molecule has 0 aliphatic heterocycles. The summed E-state index contributed by atoms with van der Waals surface area (Å²) in [5.74, 6) is 0.503. The van der Waals surface area contributed by atoms with Gasteiger partial charge in [0.05, 0.1) is 11.2 Å². The van der Waals surface area contributed by atoms with Crippen LogP contribution in [0.5, 0.6) is 0 Å². The minimum atomic E-state index is -0.333. The van der Waals surface area contributed by atoms with Crippen LogP contribution in [0.4, 0.5) is 16.3 Å². The third-order valence-electron chi connectivity index (χ3n) is 2.80. The molecule has 0 bridgehead atoms. The molecule has 2 aromatic heterocycles. The molecular formula is C23H36N4O. The van der Waals surface area contributed by atoms with Crippen LogP contribution in [0, 0.1) is 0 Å². The van der Waals surface area contributed by atoms with Gasteiger partial charge in [-0.2, -0.15) is 0 Å².